The molecule has 2 amide bonds. The van der Waals surface area contributed by atoms with Crippen LogP contribution in [0.15, 0.2) is 24.3 Å². The van der Waals surface area contributed by atoms with Gasteiger partial charge in [-0.3, -0.25) is 0 Å². The minimum atomic E-state index is -7.60. The van der Waals surface area contributed by atoms with Crippen LogP contribution in [0.25, 0.3) is 0 Å². The Hall–Kier alpha value is -3.05. The monoisotopic (exact) mass is 634 g/mol. The number of aliphatic carboxylic acids is 1. The molecule has 2 N–H and O–H groups in total. The van der Waals surface area contributed by atoms with Crippen LogP contribution < -0.4 is 10.1 Å². The fraction of sp³-hybridized carbons (Fsp3) is 0.667. The van der Waals surface area contributed by atoms with Crippen molar-refractivity contribution in [3.05, 3.63) is 29.8 Å². The van der Waals surface area contributed by atoms with Crippen molar-refractivity contribution in [3.8, 4) is 5.75 Å². The van der Waals surface area contributed by atoms with Gasteiger partial charge in [0.1, 0.15) is 12.4 Å². The van der Waals surface area contributed by atoms with Crippen molar-refractivity contribution in [2.45, 2.75) is 63.2 Å². The predicted octanol–water partition coefficient (Wildman–Crippen LogP) is 5.87. The minimum absolute atomic E-state index is 0.00184. The maximum Gasteiger partial charge on any atom is 0.460 e. The molecule has 0 spiro atoms. The van der Waals surface area contributed by atoms with Gasteiger partial charge in [-0.1, -0.05) is 26.0 Å². The second kappa shape index (κ2) is 13.9. The maximum absolute atomic E-state index is 14.4. The van der Waals surface area contributed by atoms with Gasteiger partial charge in [-0.05, 0) is 30.5 Å². The number of halogens is 11. The van der Waals surface area contributed by atoms with Gasteiger partial charge in [-0.25, -0.2) is 9.59 Å². The van der Waals surface area contributed by atoms with Gasteiger partial charge >= 0.3 is 41.9 Å². The standard InChI is InChI=1S/C24H29F11N2O5/c1-4-41-17(18(38)39)11-15-5-7-16(8-6-15)42-10-9-37(19(40)36-12-14(2)3)13-20(25,26)21(27,28)22(29,30)23(31,32)24(33,34)35/h5-8,14,17H,4,9-13H2,1-3H3,(H,36,40)(H,38,39). The third-order valence-corrected chi connectivity index (χ3v) is 5.56. The van der Waals surface area contributed by atoms with Crippen molar-refractivity contribution in [1.82, 2.24) is 10.2 Å². The molecule has 1 rings (SSSR count). The van der Waals surface area contributed by atoms with Crippen LogP contribution in [0.2, 0.25) is 0 Å². The quantitative estimate of drug-likeness (QED) is 0.222. The predicted molar refractivity (Wildman–Crippen MR) is 124 cm³/mol. The number of amides is 2. The van der Waals surface area contributed by atoms with E-state index in [9.17, 15) is 57.9 Å². The molecule has 42 heavy (non-hydrogen) atoms. The van der Waals surface area contributed by atoms with E-state index in [1.807, 2.05) is 5.32 Å². The molecule has 242 valence electrons. The van der Waals surface area contributed by atoms with Crippen LogP contribution in [0.4, 0.5) is 53.1 Å². The number of nitrogens with one attached hydrogen (secondary N) is 1. The largest absolute Gasteiger partial charge is 0.492 e. The molecule has 0 aliphatic heterocycles. The van der Waals surface area contributed by atoms with E-state index in [0.29, 0.717) is 5.56 Å². The number of benzene rings is 1. The SMILES string of the molecule is CCOC(Cc1ccc(OCCN(CC(F)(F)C(F)(F)C(F)(F)C(F)(F)C(F)(F)F)C(=O)NCC(C)C)cc1)C(=O)O. The van der Waals surface area contributed by atoms with Gasteiger partial charge in [0.2, 0.25) is 0 Å². The summed E-state index contributed by atoms with van der Waals surface area (Å²) in [5, 5.41) is 11.2. The van der Waals surface area contributed by atoms with Crippen LogP contribution in [0, 0.1) is 5.92 Å². The van der Waals surface area contributed by atoms with E-state index in [2.05, 4.69) is 0 Å². The molecule has 0 aliphatic rings. The third-order valence-electron chi connectivity index (χ3n) is 5.56. The number of hydrogen-bond donors (Lipinski definition) is 2. The Morgan fingerprint density at radius 3 is 1.90 bits per heavy atom. The molecule has 7 nitrogen and oxygen atoms in total. The van der Waals surface area contributed by atoms with Gasteiger partial charge in [-0.15, -0.1) is 0 Å². The molecule has 0 heterocycles. The summed E-state index contributed by atoms with van der Waals surface area (Å²) >= 11 is 0. The highest BCUT2D eigenvalue weighted by molar-refractivity contribution is 5.74. The summed E-state index contributed by atoms with van der Waals surface area (Å²) in [5.74, 6) is -30.2. The van der Waals surface area contributed by atoms with Crippen LogP contribution in [-0.4, -0.2) is 90.8 Å². The average molecular weight is 634 g/mol. The van der Waals surface area contributed by atoms with Crippen LogP contribution >= 0.6 is 0 Å². The Labute approximate surface area is 232 Å². The molecule has 0 saturated carbocycles. The van der Waals surface area contributed by atoms with Crippen molar-refractivity contribution in [3.63, 3.8) is 0 Å². The Bertz CT molecular complexity index is 1030. The van der Waals surface area contributed by atoms with E-state index < -0.39 is 67.7 Å². The van der Waals surface area contributed by atoms with E-state index in [4.69, 9.17) is 14.6 Å². The lowest BCUT2D eigenvalue weighted by molar-refractivity contribution is -0.422. The van der Waals surface area contributed by atoms with E-state index in [0.717, 1.165) is 0 Å². The summed E-state index contributed by atoms with van der Waals surface area (Å²) < 4.78 is 158. The molecule has 0 fully saturated rings. The molecule has 18 heteroatoms. The van der Waals surface area contributed by atoms with Crippen LogP contribution in [0.3, 0.4) is 0 Å². The number of ether oxygens (including phenoxy) is 2. The highest BCUT2D eigenvalue weighted by Gasteiger charge is 2.87. The number of alkyl halides is 11. The molecule has 0 aliphatic carbocycles. The Morgan fingerprint density at radius 1 is 0.905 bits per heavy atom. The summed E-state index contributed by atoms with van der Waals surface area (Å²) in [5.41, 5.74) is 0.469. The van der Waals surface area contributed by atoms with Gasteiger partial charge in [-0.2, -0.15) is 48.3 Å². The Morgan fingerprint density at radius 2 is 1.45 bits per heavy atom. The Balaban J connectivity index is 3.11. The summed E-state index contributed by atoms with van der Waals surface area (Å²) in [7, 11) is 0. The molecule has 0 radical (unpaired) electrons. The molecule has 0 saturated heterocycles. The zero-order valence-corrected chi connectivity index (χ0v) is 22.4. The Kier molecular flexibility index (Phi) is 12.3. The fourth-order valence-corrected chi connectivity index (χ4v) is 3.23. The lowest BCUT2D eigenvalue weighted by atomic mass is 9.97. The summed E-state index contributed by atoms with van der Waals surface area (Å²) in [6.07, 6.45) is -8.51. The van der Waals surface area contributed by atoms with Crippen molar-refractivity contribution in [2.75, 3.05) is 32.8 Å². The molecule has 1 atom stereocenters. The first-order chi connectivity index (χ1) is 19.0. The maximum atomic E-state index is 14.4. The van der Waals surface area contributed by atoms with Crippen LogP contribution in [0.5, 0.6) is 5.75 Å². The van der Waals surface area contributed by atoms with Crippen molar-refractivity contribution < 1.29 is 72.5 Å². The lowest BCUT2D eigenvalue weighted by Gasteiger charge is -2.38. The topological polar surface area (TPSA) is 88.1 Å². The van der Waals surface area contributed by atoms with E-state index in [-0.39, 0.29) is 36.1 Å². The second-order valence-corrected chi connectivity index (χ2v) is 9.41. The normalized spacial score (nSPS) is 14.1. The molecular formula is C24H29F11N2O5. The van der Waals surface area contributed by atoms with E-state index in [1.54, 1.807) is 6.92 Å². The zero-order valence-electron chi connectivity index (χ0n) is 22.4. The summed E-state index contributed by atoms with van der Waals surface area (Å²) in [4.78, 5) is 23.4. The van der Waals surface area contributed by atoms with Crippen molar-refractivity contribution in [1.29, 1.82) is 0 Å². The number of urea groups is 1. The zero-order chi connectivity index (χ0) is 32.7. The van der Waals surface area contributed by atoms with Gasteiger partial charge in [0, 0.05) is 19.6 Å². The minimum Gasteiger partial charge on any atom is -0.492 e. The van der Waals surface area contributed by atoms with E-state index >= 15 is 0 Å². The number of carbonyl (C=O) groups excluding carboxylic acids is 1. The molecule has 0 aromatic heterocycles. The molecule has 1 aromatic rings. The molecule has 1 aromatic carbocycles. The van der Waals surface area contributed by atoms with Gasteiger partial charge in [0.05, 0.1) is 13.1 Å². The number of rotatable bonds is 16. The van der Waals surface area contributed by atoms with Crippen LogP contribution in [-0.2, 0) is 16.0 Å². The smallest absolute Gasteiger partial charge is 0.460 e. The number of carboxylic acid groups (broad SMARTS) is 1. The fourth-order valence-electron chi connectivity index (χ4n) is 3.23. The molecular weight excluding hydrogens is 605 g/mol. The van der Waals surface area contributed by atoms with Gasteiger partial charge in [0.25, 0.3) is 0 Å². The molecule has 0 bridgehead atoms. The number of carboxylic acids is 1. The summed E-state index contributed by atoms with van der Waals surface area (Å²) in [6.45, 7) is 0.0863. The first-order valence-corrected chi connectivity index (χ1v) is 12.2. The third kappa shape index (κ3) is 8.73. The highest BCUT2D eigenvalue weighted by Crippen LogP contribution is 2.57. The number of carbonyl (C=O) groups is 2. The van der Waals surface area contributed by atoms with E-state index in [1.165, 1.54) is 38.1 Å². The molecule has 1 unspecified atom stereocenters. The van der Waals surface area contributed by atoms with Gasteiger partial charge < -0.3 is 24.8 Å². The summed E-state index contributed by atoms with van der Waals surface area (Å²) in [6, 6.07) is 3.82. The number of hydrogen-bond acceptors (Lipinski definition) is 4. The number of nitrogens with zero attached hydrogens (tertiary/aromatic N) is 1. The first-order valence-electron chi connectivity index (χ1n) is 12.2. The first kappa shape index (κ1) is 37.0. The lowest BCUT2D eigenvalue weighted by Crippen LogP contribution is -2.68. The average Bonchev–Trinajstić information content (AvgIpc) is 2.86. The van der Waals surface area contributed by atoms with Gasteiger partial charge in [0.15, 0.2) is 6.10 Å². The van der Waals surface area contributed by atoms with Crippen molar-refractivity contribution >= 4 is 12.0 Å². The highest BCUT2D eigenvalue weighted by atomic mass is 19.4. The van der Waals surface area contributed by atoms with Crippen LogP contribution in [0.1, 0.15) is 26.3 Å². The second-order valence-electron chi connectivity index (χ2n) is 9.41. The van der Waals surface area contributed by atoms with Crippen molar-refractivity contribution in [2.24, 2.45) is 5.92 Å².